The maximum Gasteiger partial charge on any atom is 0.244 e. The maximum atomic E-state index is 11.9. The molecule has 1 fully saturated rings. The second-order valence-corrected chi connectivity index (χ2v) is 6.51. The highest BCUT2D eigenvalue weighted by Crippen LogP contribution is 2.19. The SMILES string of the molecule is Cc1nn(C)c(Cl)c1/C=C/C(=O)NCCCN1CCCCCC1. The van der Waals surface area contributed by atoms with Gasteiger partial charge >= 0.3 is 0 Å². The van der Waals surface area contributed by atoms with Crippen molar-refractivity contribution >= 4 is 23.6 Å². The molecule has 5 nitrogen and oxygen atoms in total. The Labute approximate surface area is 143 Å². The summed E-state index contributed by atoms with van der Waals surface area (Å²) in [5, 5.41) is 7.70. The molecule has 0 radical (unpaired) electrons. The van der Waals surface area contributed by atoms with Crippen LogP contribution >= 0.6 is 11.6 Å². The van der Waals surface area contributed by atoms with Gasteiger partial charge in [-0.05, 0) is 51.9 Å². The zero-order valence-electron chi connectivity index (χ0n) is 14.1. The van der Waals surface area contributed by atoms with Crippen molar-refractivity contribution in [2.75, 3.05) is 26.2 Å². The van der Waals surface area contributed by atoms with Crippen LogP contribution < -0.4 is 5.32 Å². The molecule has 1 aliphatic heterocycles. The Bertz CT molecular complexity index is 545. The van der Waals surface area contributed by atoms with Gasteiger partial charge in [-0.1, -0.05) is 24.4 Å². The lowest BCUT2D eigenvalue weighted by atomic mass is 10.2. The van der Waals surface area contributed by atoms with Gasteiger partial charge in [-0.15, -0.1) is 0 Å². The van der Waals surface area contributed by atoms with Crippen LogP contribution in [0.3, 0.4) is 0 Å². The van der Waals surface area contributed by atoms with E-state index in [4.69, 9.17) is 11.6 Å². The molecule has 128 valence electrons. The molecule has 1 aromatic heterocycles. The summed E-state index contributed by atoms with van der Waals surface area (Å²) in [4.78, 5) is 14.4. The van der Waals surface area contributed by atoms with Crippen LogP contribution in [0.25, 0.3) is 6.08 Å². The Morgan fingerprint density at radius 3 is 2.61 bits per heavy atom. The fraction of sp³-hybridized carbons (Fsp3) is 0.647. The van der Waals surface area contributed by atoms with E-state index in [1.165, 1.54) is 44.8 Å². The fourth-order valence-electron chi connectivity index (χ4n) is 2.93. The number of hydrogen-bond donors (Lipinski definition) is 1. The molecule has 0 aromatic carbocycles. The van der Waals surface area contributed by atoms with Crippen LogP contribution in [-0.2, 0) is 11.8 Å². The van der Waals surface area contributed by atoms with E-state index >= 15 is 0 Å². The van der Waals surface area contributed by atoms with Gasteiger partial charge in [-0.3, -0.25) is 9.48 Å². The molecule has 1 aromatic rings. The third-order valence-corrected chi connectivity index (χ3v) is 4.69. The molecule has 0 saturated carbocycles. The number of hydrogen-bond acceptors (Lipinski definition) is 3. The van der Waals surface area contributed by atoms with Gasteiger partial charge in [-0.2, -0.15) is 5.10 Å². The number of aryl methyl sites for hydroxylation is 2. The Balaban J connectivity index is 1.69. The molecule has 2 heterocycles. The van der Waals surface area contributed by atoms with E-state index in [-0.39, 0.29) is 5.91 Å². The van der Waals surface area contributed by atoms with Gasteiger partial charge in [0, 0.05) is 25.2 Å². The van der Waals surface area contributed by atoms with E-state index in [0.717, 1.165) is 24.2 Å². The van der Waals surface area contributed by atoms with Gasteiger partial charge in [0.1, 0.15) is 5.15 Å². The third kappa shape index (κ3) is 5.66. The molecular weight excluding hydrogens is 312 g/mol. The minimum atomic E-state index is -0.0832. The molecule has 0 atom stereocenters. The summed E-state index contributed by atoms with van der Waals surface area (Å²) >= 11 is 6.14. The van der Waals surface area contributed by atoms with Crippen molar-refractivity contribution < 1.29 is 4.79 Å². The summed E-state index contributed by atoms with van der Waals surface area (Å²) in [6, 6.07) is 0. The number of nitrogens with one attached hydrogen (secondary N) is 1. The van der Waals surface area contributed by atoms with Gasteiger partial charge in [-0.25, -0.2) is 0 Å². The van der Waals surface area contributed by atoms with E-state index in [9.17, 15) is 4.79 Å². The highest BCUT2D eigenvalue weighted by atomic mass is 35.5. The zero-order valence-corrected chi connectivity index (χ0v) is 14.9. The number of carbonyl (C=O) groups is 1. The number of aromatic nitrogens is 2. The second-order valence-electron chi connectivity index (χ2n) is 6.15. The van der Waals surface area contributed by atoms with Crippen molar-refractivity contribution in [3.8, 4) is 0 Å². The minimum Gasteiger partial charge on any atom is -0.353 e. The van der Waals surface area contributed by atoms with Crippen LogP contribution in [0, 0.1) is 6.92 Å². The lowest BCUT2D eigenvalue weighted by molar-refractivity contribution is -0.116. The van der Waals surface area contributed by atoms with Gasteiger partial charge in [0.25, 0.3) is 0 Å². The summed E-state index contributed by atoms with van der Waals surface area (Å²) in [5.74, 6) is -0.0832. The van der Waals surface area contributed by atoms with Crippen molar-refractivity contribution in [3.63, 3.8) is 0 Å². The number of likely N-dealkylation sites (tertiary alicyclic amines) is 1. The number of carbonyl (C=O) groups excluding carboxylic acids is 1. The quantitative estimate of drug-likeness (QED) is 0.641. The van der Waals surface area contributed by atoms with Crippen molar-refractivity contribution in [3.05, 3.63) is 22.5 Å². The lowest BCUT2D eigenvalue weighted by Gasteiger charge is -2.19. The number of amides is 1. The normalized spacial score (nSPS) is 16.7. The van der Waals surface area contributed by atoms with E-state index < -0.39 is 0 Å². The zero-order chi connectivity index (χ0) is 16.7. The fourth-order valence-corrected chi connectivity index (χ4v) is 3.17. The number of rotatable bonds is 6. The highest BCUT2D eigenvalue weighted by molar-refractivity contribution is 6.31. The van der Waals surface area contributed by atoms with Gasteiger partial charge in [0.15, 0.2) is 0 Å². The maximum absolute atomic E-state index is 11.9. The standard InChI is InChI=1S/C17H27ClN4O/c1-14-15(17(18)21(2)20-14)8-9-16(23)19-10-7-13-22-11-5-3-4-6-12-22/h8-9H,3-7,10-13H2,1-2H3,(H,19,23)/b9-8+. The summed E-state index contributed by atoms with van der Waals surface area (Å²) in [6.07, 6.45) is 9.58. The Kier molecular flexibility index (Phi) is 7.12. The van der Waals surface area contributed by atoms with E-state index in [0.29, 0.717) is 11.7 Å². The molecule has 6 heteroatoms. The van der Waals surface area contributed by atoms with Crippen molar-refractivity contribution in [2.45, 2.75) is 39.0 Å². The summed E-state index contributed by atoms with van der Waals surface area (Å²) in [7, 11) is 1.79. The molecular formula is C17H27ClN4O. The predicted octanol–water partition coefficient (Wildman–Crippen LogP) is 2.78. The van der Waals surface area contributed by atoms with Gasteiger partial charge < -0.3 is 10.2 Å². The average molecular weight is 339 g/mol. The first-order valence-electron chi connectivity index (χ1n) is 8.45. The molecule has 0 spiro atoms. The first-order valence-corrected chi connectivity index (χ1v) is 8.83. The van der Waals surface area contributed by atoms with Crippen LogP contribution in [0.4, 0.5) is 0 Å². The monoisotopic (exact) mass is 338 g/mol. The Morgan fingerprint density at radius 2 is 2.00 bits per heavy atom. The molecule has 1 amide bonds. The van der Waals surface area contributed by atoms with Crippen molar-refractivity contribution in [1.29, 1.82) is 0 Å². The molecule has 1 aliphatic rings. The van der Waals surface area contributed by atoms with Crippen molar-refractivity contribution in [1.82, 2.24) is 20.0 Å². The molecule has 0 unspecified atom stereocenters. The predicted molar refractivity (Wildman–Crippen MR) is 94.5 cm³/mol. The first-order chi connectivity index (χ1) is 11.1. The highest BCUT2D eigenvalue weighted by Gasteiger charge is 2.09. The van der Waals surface area contributed by atoms with Gasteiger partial charge in [0.2, 0.25) is 5.91 Å². The molecule has 0 aliphatic carbocycles. The summed E-state index contributed by atoms with van der Waals surface area (Å²) < 4.78 is 1.61. The summed E-state index contributed by atoms with van der Waals surface area (Å²) in [5.41, 5.74) is 1.62. The largest absolute Gasteiger partial charge is 0.353 e. The molecule has 23 heavy (non-hydrogen) atoms. The van der Waals surface area contributed by atoms with E-state index in [2.05, 4.69) is 15.3 Å². The molecule has 0 bridgehead atoms. The second kappa shape index (κ2) is 9.08. The minimum absolute atomic E-state index is 0.0832. The first kappa shape index (κ1) is 18.0. The van der Waals surface area contributed by atoms with E-state index in [1.807, 2.05) is 6.92 Å². The molecule has 1 N–H and O–H groups in total. The average Bonchev–Trinajstić information content (AvgIpc) is 2.73. The van der Waals surface area contributed by atoms with Crippen LogP contribution in [-0.4, -0.2) is 46.8 Å². The smallest absolute Gasteiger partial charge is 0.244 e. The number of halogens is 1. The summed E-state index contributed by atoms with van der Waals surface area (Å²) in [6.45, 7) is 6.06. The number of nitrogens with zero attached hydrogens (tertiary/aromatic N) is 3. The van der Waals surface area contributed by atoms with Crippen LogP contribution in [0.15, 0.2) is 6.08 Å². The molecule has 2 rings (SSSR count). The Morgan fingerprint density at radius 1 is 1.30 bits per heavy atom. The van der Waals surface area contributed by atoms with Crippen molar-refractivity contribution in [2.24, 2.45) is 7.05 Å². The van der Waals surface area contributed by atoms with Crippen LogP contribution in [0.5, 0.6) is 0 Å². The Hall–Kier alpha value is -1.33. The third-order valence-electron chi connectivity index (χ3n) is 4.25. The van der Waals surface area contributed by atoms with Crippen LogP contribution in [0.1, 0.15) is 43.4 Å². The van der Waals surface area contributed by atoms with E-state index in [1.54, 1.807) is 17.8 Å². The molecule has 1 saturated heterocycles. The lowest BCUT2D eigenvalue weighted by Crippen LogP contribution is -2.30. The van der Waals surface area contributed by atoms with Gasteiger partial charge in [0.05, 0.1) is 5.69 Å². The van der Waals surface area contributed by atoms with Crippen LogP contribution in [0.2, 0.25) is 5.15 Å². The topological polar surface area (TPSA) is 50.2 Å².